The number of allylic oxidation sites excluding steroid dienone is 1. The Balaban J connectivity index is 1.43. The molecule has 2 N–H and O–H groups in total. The standard InChI is InChI=1S/C63H63F9N4O5S2/c1-14-75(57-38(7)30-36(5)31-39(57)8)47-24-20-45(21-25-47)55(46-22-26-48(27-23-46)76(15-2)58-40(9)32-37(6)33-41(58)10)51-28-29-53(50-19-17-16-18-49(50)51)73-56-42(11)52(34-54(77)35(3)4)43(12)59(44(56)13)82(78,79)74-83(80,81)63(71,72)61(66,67)60(64,65)62(68,69)70/h16-33,73H,3,14-15,34H2,1-2,4-13H3/p+1. The molecule has 0 spiro atoms. The number of hydrogen-bond donors (Lipinski definition) is 2. The Morgan fingerprint density at radius 1 is 0.614 bits per heavy atom. The number of carbonyl (C=O) groups is 1. The van der Waals surface area contributed by atoms with Crippen molar-refractivity contribution in [3.63, 3.8) is 0 Å². The Bertz CT molecular complexity index is 3790. The highest BCUT2D eigenvalue weighted by Gasteiger charge is 2.85. The lowest BCUT2D eigenvalue weighted by molar-refractivity contribution is -0.382. The minimum atomic E-state index is -7.74. The Hall–Kier alpha value is -7.29. The van der Waals surface area contributed by atoms with Gasteiger partial charge in [0.25, 0.3) is 0 Å². The lowest BCUT2D eigenvalue weighted by atomic mass is 9.82. The van der Waals surface area contributed by atoms with Crippen LogP contribution in [-0.4, -0.2) is 59.3 Å². The van der Waals surface area contributed by atoms with E-state index in [0.29, 0.717) is 29.5 Å². The van der Waals surface area contributed by atoms with Crippen LogP contribution >= 0.6 is 0 Å². The average molecular weight is 1190 g/mol. The highest BCUT2D eigenvalue weighted by molar-refractivity contribution is 8.01. The van der Waals surface area contributed by atoms with Crippen LogP contribution in [-0.2, 0) is 31.2 Å². The van der Waals surface area contributed by atoms with Gasteiger partial charge in [-0.1, -0.05) is 57.9 Å². The summed E-state index contributed by atoms with van der Waals surface area (Å²) in [6, 6.07) is 35.7. The van der Waals surface area contributed by atoms with Crippen LogP contribution in [0.1, 0.15) is 93.1 Å². The minimum Gasteiger partial charge on any atom is -0.354 e. The minimum absolute atomic E-state index is 0.0129. The smallest absolute Gasteiger partial charge is 0.354 e. The van der Waals surface area contributed by atoms with Gasteiger partial charge in [0.2, 0.25) is 10.0 Å². The summed E-state index contributed by atoms with van der Waals surface area (Å²) in [7, 11) is -13.8. The number of rotatable bonds is 19. The molecule has 0 amide bonds. The van der Waals surface area contributed by atoms with Gasteiger partial charge < -0.3 is 15.1 Å². The summed E-state index contributed by atoms with van der Waals surface area (Å²) in [5.74, 6) is -15.2. The highest BCUT2D eigenvalue weighted by Crippen LogP contribution is 2.55. The third kappa shape index (κ3) is 11.6. The fraction of sp³-hybridized carbons (Fsp3) is 0.302. The average Bonchev–Trinajstić information content (AvgIpc) is 1.23. The topological polar surface area (TPSA) is 119 Å². The van der Waals surface area contributed by atoms with Crippen molar-refractivity contribution in [3.8, 4) is 0 Å². The molecule has 1 atom stereocenters. The second-order valence-electron chi connectivity index (χ2n) is 20.9. The van der Waals surface area contributed by atoms with E-state index in [9.17, 15) is 52.7 Å². The van der Waals surface area contributed by atoms with Gasteiger partial charge >= 0.3 is 33.3 Å². The Morgan fingerprint density at radius 3 is 1.46 bits per heavy atom. The monoisotopic (exact) mass is 1190 g/mol. The maximum Gasteiger partial charge on any atom is 0.460 e. The first kappa shape index (κ1) is 63.3. The van der Waals surface area contributed by atoms with Gasteiger partial charge in [0, 0.05) is 47.3 Å². The van der Waals surface area contributed by atoms with Crippen LogP contribution in [0, 0.1) is 68.2 Å². The number of benzene rings is 7. The van der Waals surface area contributed by atoms with Crippen molar-refractivity contribution < 1.29 is 61.5 Å². The molecule has 7 aromatic carbocycles. The Labute approximate surface area is 479 Å². The van der Waals surface area contributed by atoms with Crippen LogP contribution < -0.4 is 15.1 Å². The van der Waals surface area contributed by atoms with E-state index in [-0.39, 0.29) is 22.4 Å². The largest absolute Gasteiger partial charge is 0.460 e. The predicted molar refractivity (Wildman–Crippen MR) is 313 cm³/mol. The number of carbonyl (C=O) groups excluding carboxylic acids is 1. The number of alkyl halides is 9. The molecule has 0 radical (unpaired) electrons. The van der Waals surface area contributed by atoms with Crippen molar-refractivity contribution >= 4 is 70.7 Å². The van der Waals surface area contributed by atoms with Gasteiger partial charge in [0.1, 0.15) is 0 Å². The summed E-state index contributed by atoms with van der Waals surface area (Å²) >= 11 is 0. The van der Waals surface area contributed by atoms with Crippen LogP contribution in [0.2, 0.25) is 0 Å². The third-order valence-corrected chi connectivity index (χ3v) is 18.5. The molecule has 0 saturated carbocycles. The lowest BCUT2D eigenvalue weighted by Gasteiger charge is -2.32. The second-order valence-corrected chi connectivity index (χ2v) is 24.4. The SMILES string of the molecule is C=C(C)C(=O)Cc1c(C)c(Nc2ccc([C+](c3ccc(N(CC)c4c(C)cc(C)cc4C)cc3)c3ccc(N(CC)c4c(C)cc(C)cc4C)cc3)c3ccccc23)c(C)c(S(=O)(O)=NS(=O)(=O)C(F)(F)C(F)(F)C(F)(F)C(F)(F)F)c1C. The van der Waals surface area contributed by atoms with Gasteiger partial charge in [0.05, 0.1) is 44.6 Å². The molecule has 0 heterocycles. The van der Waals surface area contributed by atoms with E-state index < -0.39 is 71.5 Å². The quantitative estimate of drug-likeness (QED) is 0.0356. The molecule has 1 unspecified atom stereocenters. The van der Waals surface area contributed by atoms with Crippen molar-refractivity contribution in [2.24, 2.45) is 3.77 Å². The van der Waals surface area contributed by atoms with E-state index in [1.165, 1.54) is 13.8 Å². The van der Waals surface area contributed by atoms with Gasteiger partial charge in [-0.15, -0.1) is 0 Å². The third-order valence-electron chi connectivity index (χ3n) is 14.9. The van der Waals surface area contributed by atoms with Gasteiger partial charge in [-0.05, 0) is 206 Å². The first-order valence-corrected chi connectivity index (χ1v) is 29.2. The Kier molecular flexibility index (Phi) is 17.6. The molecular formula is C63H64F9N4O5S2+. The van der Waals surface area contributed by atoms with E-state index in [1.54, 1.807) is 18.2 Å². The fourth-order valence-corrected chi connectivity index (χ4v) is 14.4. The van der Waals surface area contributed by atoms with Crippen molar-refractivity contribution in [1.29, 1.82) is 0 Å². The zero-order valence-electron chi connectivity index (χ0n) is 47.9. The van der Waals surface area contributed by atoms with Crippen LogP contribution in [0.4, 0.5) is 73.6 Å². The molecule has 0 fully saturated rings. The number of Topliss-reactive ketones (excluding diaryl/α,β-unsaturated/α-hetero) is 1. The number of ketones is 1. The van der Waals surface area contributed by atoms with Crippen molar-refractivity contribution in [3.05, 3.63) is 200 Å². The maximum absolute atomic E-state index is 15.1. The number of halogens is 9. The van der Waals surface area contributed by atoms with Crippen molar-refractivity contribution in [2.45, 2.75) is 118 Å². The summed E-state index contributed by atoms with van der Waals surface area (Å²) in [5, 5.41) is -3.01. The summed E-state index contributed by atoms with van der Waals surface area (Å²) in [6.07, 6.45) is -8.01. The van der Waals surface area contributed by atoms with E-state index in [2.05, 4.69) is 129 Å². The number of anilines is 6. The fourth-order valence-electron chi connectivity index (χ4n) is 11.1. The van der Waals surface area contributed by atoms with Crippen LogP contribution in [0.5, 0.6) is 0 Å². The second kappa shape index (κ2) is 23.0. The molecule has 0 aromatic heterocycles. The summed E-state index contributed by atoms with van der Waals surface area (Å²) < 4.78 is 180. The molecule has 0 bridgehead atoms. The number of hydrogen-bond acceptors (Lipinski definition) is 7. The molecule has 7 rings (SSSR count). The normalized spacial score (nSPS) is 13.2. The highest BCUT2D eigenvalue weighted by atomic mass is 32.3. The number of nitrogens with zero attached hydrogens (tertiary/aromatic N) is 3. The number of fused-ring (bicyclic) bond motifs is 1. The summed E-state index contributed by atoms with van der Waals surface area (Å²) in [4.78, 5) is 16.7. The first-order chi connectivity index (χ1) is 38.5. The van der Waals surface area contributed by atoms with E-state index in [4.69, 9.17) is 0 Å². The van der Waals surface area contributed by atoms with E-state index in [1.807, 2.05) is 42.5 Å². The molecule has 0 aliphatic heterocycles. The Morgan fingerprint density at radius 2 is 1.05 bits per heavy atom. The summed E-state index contributed by atoms with van der Waals surface area (Å²) in [5.41, 5.74) is 12.7. The lowest BCUT2D eigenvalue weighted by Crippen LogP contribution is -2.63. The van der Waals surface area contributed by atoms with Crippen molar-refractivity contribution in [1.82, 2.24) is 0 Å². The molecule has 7 aromatic rings. The number of sulfonamides is 1. The predicted octanol–water partition coefficient (Wildman–Crippen LogP) is 17.4. The van der Waals surface area contributed by atoms with Crippen molar-refractivity contribution in [2.75, 3.05) is 28.2 Å². The molecule has 440 valence electrons. The van der Waals surface area contributed by atoms with E-state index >= 15 is 8.78 Å². The van der Waals surface area contributed by atoms with E-state index in [0.717, 1.165) is 92.6 Å². The molecule has 0 aliphatic rings. The van der Waals surface area contributed by atoms with Gasteiger partial charge in [-0.2, -0.15) is 47.9 Å². The van der Waals surface area contributed by atoms with Gasteiger partial charge in [-0.3, -0.25) is 9.35 Å². The van der Waals surface area contributed by atoms with Crippen LogP contribution in [0.15, 0.2) is 130 Å². The molecule has 9 nitrogen and oxygen atoms in total. The summed E-state index contributed by atoms with van der Waals surface area (Å²) in [6.45, 7) is 26.6. The molecule has 83 heavy (non-hydrogen) atoms. The van der Waals surface area contributed by atoms with Gasteiger partial charge in [-0.25, -0.2) is 4.21 Å². The molecular weight excluding hydrogens is 1130 g/mol. The number of aryl methyl sites for hydroxylation is 6. The molecule has 20 heteroatoms. The maximum atomic E-state index is 15.1. The van der Waals surface area contributed by atoms with Crippen LogP contribution in [0.3, 0.4) is 0 Å². The van der Waals surface area contributed by atoms with Crippen LogP contribution in [0.25, 0.3) is 10.8 Å². The van der Waals surface area contributed by atoms with Gasteiger partial charge in [0.15, 0.2) is 5.78 Å². The zero-order chi connectivity index (χ0) is 61.9. The molecule has 0 aliphatic carbocycles. The zero-order valence-corrected chi connectivity index (χ0v) is 49.5. The first-order valence-electron chi connectivity index (χ1n) is 26.3. The number of nitrogens with one attached hydrogen (secondary N) is 1. The molecule has 0 saturated heterocycles.